The Kier molecular flexibility index (Phi) is 3.13. The third-order valence-electron chi connectivity index (χ3n) is 3.57. The molecule has 1 aromatic heterocycles. The molecule has 0 radical (unpaired) electrons. The van der Waals surface area contributed by atoms with Gasteiger partial charge in [0.1, 0.15) is 5.82 Å². The smallest absolute Gasteiger partial charge is 0.213 e. The Morgan fingerprint density at radius 1 is 1.30 bits per heavy atom. The highest BCUT2D eigenvalue weighted by atomic mass is 35.5. The average molecular weight is 296 g/mol. The number of carbonyl (C=O) groups excluding carboxylic acids is 1. The second-order valence-electron chi connectivity index (χ2n) is 4.99. The van der Waals surface area contributed by atoms with E-state index in [0.29, 0.717) is 34.1 Å². The molecule has 20 heavy (non-hydrogen) atoms. The Morgan fingerprint density at radius 3 is 2.75 bits per heavy atom. The Balaban J connectivity index is 2.19. The van der Waals surface area contributed by atoms with Gasteiger partial charge in [-0.25, -0.2) is 8.78 Å². The van der Waals surface area contributed by atoms with Crippen LogP contribution in [0.3, 0.4) is 0 Å². The van der Waals surface area contributed by atoms with E-state index in [1.165, 1.54) is 12.1 Å². The maximum atomic E-state index is 13.5. The van der Waals surface area contributed by atoms with Gasteiger partial charge in [0.15, 0.2) is 6.17 Å². The van der Waals surface area contributed by atoms with Gasteiger partial charge in [-0.1, -0.05) is 11.6 Å². The van der Waals surface area contributed by atoms with Gasteiger partial charge < -0.3 is 4.57 Å². The number of ketones is 1. The van der Waals surface area contributed by atoms with Crippen LogP contribution in [0.2, 0.25) is 5.02 Å². The zero-order valence-corrected chi connectivity index (χ0v) is 11.5. The van der Waals surface area contributed by atoms with E-state index < -0.39 is 17.8 Å². The molecule has 2 heterocycles. The number of Topliss-reactive ketones (excluding diaryl/α,β-unsaturated/α-hetero) is 1. The molecule has 0 N–H and O–H groups in total. The number of halogens is 3. The summed E-state index contributed by atoms with van der Waals surface area (Å²) >= 11 is 5.87. The molecule has 2 aromatic rings. The molecule has 3 rings (SSSR count). The molecule has 5 heteroatoms. The van der Waals surface area contributed by atoms with Crippen molar-refractivity contribution < 1.29 is 13.6 Å². The van der Waals surface area contributed by atoms with Gasteiger partial charge >= 0.3 is 0 Å². The molecule has 0 amide bonds. The quantitative estimate of drug-likeness (QED) is 0.773. The van der Waals surface area contributed by atoms with Gasteiger partial charge in [0.2, 0.25) is 5.78 Å². The van der Waals surface area contributed by atoms with Gasteiger partial charge in [-0.15, -0.1) is 0 Å². The fraction of sp³-hybridized carbons (Fsp3) is 0.267. The lowest BCUT2D eigenvalue weighted by Crippen LogP contribution is -2.28. The number of aryl methyl sites for hydroxylation is 1. The van der Waals surface area contributed by atoms with Crippen LogP contribution in [0.15, 0.2) is 24.3 Å². The first kappa shape index (κ1) is 13.3. The summed E-state index contributed by atoms with van der Waals surface area (Å²) in [6, 6.07) is 6.00. The van der Waals surface area contributed by atoms with Crippen LogP contribution in [0.1, 0.15) is 22.5 Å². The molecule has 0 aliphatic carbocycles. The number of aromatic nitrogens is 1. The maximum Gasteiger partial charge on any atom is 0.213 e. The lowest BCUT2D eigenvalue weighted by atomic mass is 10.0. The van der Waals surface area contributed by atoms with E-state index in [4.69, 9.17) is 11.6 Å². The summed E-state index contributed by atoms with van der Waals surface area (Å²) in [5.41, 5.74) is 2.36. The number of nitrogens with zero attached hydrogens (tertiary/aromatic N) is 1. The molecule has 1 unspecified atom stereocenters. The lowest BCUT2D eigenvalue weighted by molar-refractivity contribution is 0.0828. The molecule has 0 saturated heterocycles. The molecule has 1 aliphatic heterocycles. The molecule has 1 atom stereocenters. The van der Waals surface area contributed by atoms with Crippen molar-refractivity contribution in [2.45, 2.75) is 26.1 Å². The maximum absolute atomic E-state index is 13.5. The third kappa shape index (κ3) is 2.04. The Hall–Kier alpha value is -1.68. The molecular formula is C15H12ClF2NO. The molecule has 104 valence electrons. The molecule has 2 nitrogen and oxygen atoms in total. The number of benzene rings is 1. The summed E-state index contributed by atoms with van der Waals surface area (Å²) in [5.74, 6) is -0.936. The monoisotopic (exact) mass is 295 g/mol. The molecule has 1 aromatic carbocycles. The van der Waals surface area contributed by atoms with Crippen molar-refractivity contribution in [3.8, 4) is 11.3 Å². The number of fused-ring (bicyclic) bond motifs is 1. The summed E-state index contributed by atoms with van der Waals surface area (Å²) in [7, 11) is 0. The highest BCUT2D eigenvalue weighted by molar-refractivity contribution is 6.30. The average Bonchev–Trinajstić information content (AvgIpc) is 2.71. The first-order valence-electron chi connectivity index (χ1n) is 6.32. The van der Waals surface area contributed by atoms with Crippen LogP contribution < -0.4 is 0 Å². The van der Waals surface area contributed by atoms with Crippen molar-refractivity contribution >= 4 is 17.4 Å². The minimum Gasteiger partial charge on any atom is -0.338 e. The van der Waals surface area contributed by atoms with E-state index in [2.05, 4.69) is 0 Å². The van der Waals surface area contributed by atoms with E-state index >= 15 is 0 Å². The minimum absolute atomic E-state index is 0.149. The first-order chi connectivity index (χ1) is 9.47. The highest BCUT2D eigenvalue weighted by Gasteiger charge is 2.31. The fourth-order valence-corrected chi connectivity index (χ4v) is 2.93. The van der Waals surface area contributed by atoms with Crippen LogP contribution in [0.25, 0.3) is 11.3 Å². The number of rotatable bonds is 1. The minimum atomic E-state index is -1.44. The summed E-state index contributed by atoms with van der Waals surface area (Å²) < 4.78 is 28.8. The molecule has 0 bridgehead atoms. The second-order valence-corrected chi connectivity index (χ2v) is 5.43. The predicted molar refractivity (Wildman–Crippen MR) is 73.4 cm³/mol. The van der Waals surface area contributed by atoms with Crippen molar-refractivity contribution in [2.75, 3.05) is 0 Å². The zero-order chi connectivity index (χ0) is 14.4. The predicted octanol–water partition coefficient (Wildman–Crippen LogP) is 4.18. The van der Waals surface area contributed by atoms with Crippen molar-refractivity contribution in [3.05, 3.63) is 46.4 Å². The summed E-state index contributed by atoms with van der Waals surface area (Å²) in [5, 5.41) is 0.290. The second kappa shape index (κ2) is 4.70. The third-order valence-corrected chi connectivity index (χ3v) is 3.79. The van der Waals surface area contributed by atoms with Crippen molar-refractivity contribution in [1.82, 2.24) is 4.57 Å². The van der Waals surface area contributed by atoms with Gasteiger partial charge in [0, 0.05) is 29.2 Å². The Morgan fingerprint density at radius 2 is 2.05 bits per heavy atom. The van der Waals surface area contributed by atoms with E-state index in [1.807, 2.05) is 0 Å². The van der Waals surface area contributed by atoms with E-state index in [1.54, 1.807) is 23.6 Å². The topological polar surface area (TPSA) is 22.0 Å². The Labute approximate surface area is 120 Å². The normalized spacial score (nSPS) is 18.2. The lowest BCUT2D eigenvalue weighted by Gasteiger charge is -2.20. The van der Waals surface area contributed by atoms with Gasteiger partial charge in [-0.05, 0) is 36.8 Å². The SMILES string of the molecule is Cc1cc(-c2cc(F)cc(Cl)c2)n2c1C(=O)C(F)CC2. The van der Waals surface area contributed by atoms with Gasteiger partial charge in [-0.3, -0.25) is 4.79 Å². The summed E-state index contributed by atoms with van der Waals surface area (Å²) in [6.45, 7) is 2.16. The summed E-state index contributed by atoms with van der Waals surface area (Å²) in [4.78, 5) is 11.9. The van der Waals surface area contributed by atoms with Gasteiger partial charge in [0.05, 0.1) is 5.69 Å². The molecule has 0 fully saturated rings. The van der Waals surface area contributed by atoms with E-state index in [-0.39, 0.29) is 6.42 Å². The number of hydrogen-bond acceptors (Lipinski definition) is 1. The molecule has 1 aliphatic rings. The van der Waals surface area contributed by atoms with Gasteiger partial charge in [-0.2, -0.15) is 0 Å². The fourth-order valence-electron chi connectivity index (χ4n) is 2.71. The van der Waals surface area contributed by atoms with Crippen LogP contribution >= 0.6 is 11.6 Å². The van der Waals surface area contributed by atoms with Crippen molar-refractivity contribution in [3.63, 3.8) is 0 Å². The van der Waals surface area contributed by atoms with E-state index in [0.717, 1.165) is 0 Å². The summed E-state index contributed by atoms with van der Waals surface area (Å²) in [6.07, 6.45) is -1.30. The van der Waals surface area contributed by atoms with Crippen LogP contribution in [-0.2, 0) is 6.54 Å². The Bertz CT molecular complexity index is 688. The van der Waals surface area contributed by atoms with Crippen LogP contribution in [0.5, 0.6) is 0 Å². The zero-order valence-electron chi connectivity index (χ0n) is 10.8. The first-order valence-corrected chi connectivity index (χ1v) is 6.70. The molecular weight excluding hydrogens is 284 g/mol. The van der Waals surface area contributed by atoms with Crippen molar-refractivity contribution in [1.29, 1.82) is 0 Å². The standard InChI is InChI=1S/C15H12ClF2NO/c1-8-4-13(9-5-10(16)7-11(17)6-9)19-3-2-12(18)15(20)14(8)19/h4-7,12H,2-3H2,1H3. The van der Waals surface area contributed by atoms with Crippen LogP contribution in [0, 0.1) is 12.7 Å². The molecule has 0 saturated carbocycles. The highest BCUT2D eigenvalue weighted by Crippen LogP contribution is 2.32. The van der Waals surface area contributed by atoms with Crippen molar-refractivity contribution in [2.24, 2.45) is 0 Å². The van der Waals surface area contributed by atoms with Gasteiger partial charge in [0.25, 0.3) is 0 Å². The number of carbonyl (C=O) groups is 1. The van der Waals surface area contributed by atoms with Crippen LogP contribution in [-0.4, -0.2) is 16.5 Å². The molecule has 0 spiro atoms. The van der Waals surface area contributed by atoms with E-state index in [9.17, 15) is 13.6 Å². The largest absolute Gasteiger partial charge is 0.338 e. The number of hydrogen-bond donors (Lipinski definition) is 0. The number of alkyl halides is 1. The van der Waals surface area contributed by atoms with Crippen LogP contribution in [0.4, 0.5) is 8.78 Å².